The fraction of sp³-hybridized carbons (Fsp3) is 0.176. The van der Waals surface area contributed by atoms with E-state index in [1.165, 1.54) is 4.90 Å². The zero-order valence-electron chi connectivity index (χ0n) is 12.9. The Balaban J connectivity index is 1.50. The second kappa shape index (κ2) is 7.63. The number of amides is 2. The minimum absolute atomic E-state index is 0.0464. The summed E-state index contributed by atoms with van der Waals surface area (Å²) in [7, 11) is 0. The Morgan fingerprint density at radius 2 is 1.72 bits per heavy atom. The lowest BCUT2D eigenvalue weighted by Crippen LogP contribution is -2.27. The van der Waals surface area contributed by atoms with Crippen molar-refractivity contribution in [2.75, 3.05) is 23.4 Å². The SMILES string of the molecule is O=C(Nc1ccc(Cl)cc1)OC[C@H]1CN(c2ccc(Cl)cc2)C(=O)O1. The van der Waals surface area contributed by atoms with Crippen LogP contribution in [0.1, 0.15) is 0 Å². The number of carbonyl (C=O) groups is 2. The van der Waals surface area contributed by atoms with Gasteiger partial charge in [-0.05, 0) is 48.5 Å². The van der Waals surface area contributed by atoms with Crippen LogP contribution in [0.5, 0.6) is 0 Å². The number of nitrogens with zero attached hydrogens (tertiary/aromatic N) is 1. The molecule has 0 unspecified atom stereocenters. The molecule has 1 aliphatic rings. The molecule has 1 N–H and O–H groups in total. The first-order chi connectivity index (χ1) is 12.0. The highest BCUT2D eigenvalue weighted by molar-refractivity contribution is 6.30. The maximum Gasteiger partial charge on any atom is 0.414 e. The van der Waals surface area contributed by atoms with Crippen molar-refractivity contribution in [3.63, 3.8) is 0 Å². The average Bonchev–Trinajstić information content (AvgIpc) is 2.97. The van der Waals surface area contributed by atoms with E-state index in [9.17, 15) is 9.59 Å². The molecule has 0 aliphatic carbocycles. The molecule has 1 heterocycles. The summed E-state index contributed by atoms with van der Waals surface area (Å²) in [6, 6.07) is 13.4. The van der Waals surface area contributed by atoms with Gasteiger partial charge in [-0.3, -0.25) is 10.2 Å². The summed E-state index contributed by atoms with van der Waals surface area (Å²) in [4.78, 5) is 25.2. The van der Waals surface area contributed by atoms with E-state index in [1.807, 2.05) is 0 Å². The average molecular weight is 381 g/mol. The Morgan fingerprint density at radius 3 is 2.36 bits per heavy atom. The van der Waals surface area contributed by atoms with Crippen molar-refractivity contribution in [1.82, 2.24) is 0 Å². The zero-order valence-corrected chi connectivity index (χ0v) is 14.5. The molecule has 2 amide bonds. The molecular weight excluding hydrogens is 367 g/mol. The maximum absolute atomic E-state index is 11.9. The second-order valence-corrected chi connectivity index (χ2v) is 6.20. The Hall–Kier alpha value is -2.44. The van der Waals surface area contributed by atoms with Gasteiger partial charge in [0.1, 0.15) is 6.61 Å². The number of rotatable bonds is 4. The van der Waals surface area contributed by atoms with Crippen molar-refractivity contribution >= 4 is 46.8 Å². The summed E-state index contributed by atoms with van der Waals surface area (Å²) in [5, 5.41) is 3.71. The lowest BCUT2D eigenvalue weighted by molar-refractivity contribution is 0.0798. The van der Waals surface area contributed by atoms with Crippen LogP contribution in [0.3, 0.4) is 0 Å². The van der Waals surface area contributed by atoms with Crippen LogP contribution in [0.15, 0.2) is 48.5 Å². The van der Waals surface area contributed by atoms with Crippen LogP contribution < -0.4 is 10.2 Å². The van der Waals surface area contributed by atoms with Crippen molar-refractivity contribution < 1.29 is 19.1 Å². The molecule has 25 heavy (non-hydrogen) atoms. The zero-order chi connectivity index (χ0) is 17.8. The fourth-order valence-corrected chi connectivity index (χ4v) is 2.55. The van der Waals surface area contributed by atoms with Crippen molar-refractivity contribution in [1.29, 1.82) is 0 Å². The number of ether oxygens (including phenoxy) is 2. The molecule has 0 saturated carbocycles. The van der Waals surface area contributed by atoms with Crippen molar-refractivity contribution in [3.05, 3.63) is 58.6 Å². The highest BCUT2D eigenvalue weighted by atomic mass is 35.5. The Morgan fingerprint density at radius 1 is 1.12 bits per heavy atom. The molecule has 1 saturated heterocycles. The third-order valence-electron chi connectivity index (χ3n) is 3.50. The monoisotopic (exact) mass is 380 g/mol. The predicted molar refractivity (Wildman–Crippen MR) is 95.5 cm³/mol. The minimum atomic E-state index is -0.636. The molecule has 2 aromatic carbocycles. The quantitative estimate of drug-likeness (QED) is 0.843. The number of benzene rings is 2. The number of carbonyl (C=O) groups excluding carboxylic acids is 2. The number of anilines is 2. The first-order valence-electron chi connectivity index (χ1n) is 7.44. The molecular formula is C17H14Cl2N2O4. The van der Waals surface area contributed by atoms with E-state index in [4.69, 9.17) is 32.7 Å². The number of cyclic esters (lactones) is 1. The summed E-state index contributed by atoms with van der Waals surface area (Å²) in [5.74, 6) is 0. The normalized spacial score (nSPS) is 16.5. The Bertz CT molecular complexity index is 765. The van der Waals surface area contributed by atoms with Crippen LogP contribution in [0.2, 0.25) is 10.0 Å². The standard InChI is InChI=1S/C17H14Cl2N2O4/c18-11-1-5-13(6-2-11)20-16(22)24-10-15-9-21(17(23)25-15)14-7-3-12(19)4-8-14/h1-8,15H,9-10H2,(H,20,22)/t15-/m1/s1. The molecule has 1 fully saturated rings. The molecule has 1 aliphatic heterocycles. The molecule has 0 spiro atoms. The van der Waals surface area contributed by atoms with Crippen molar-refractivity contribution in [3.8, 4) is 0 Å². The van der Waals surface area contributed by atoms with Crippen molar-refractivity contribution in [2.45, 2.75) is 6.10 Å². The summed E-state index contributed by atoms with van der Waals surface area (Å²) in [6.45, 7) is 0.240. The first-order valence-corrected chi connectivity index (χ1v) is 8.20. The Labute approximate surface area is 154 Å². The molecule has 6 nitrogen and oxygen atoms in total. The van der Waals surface area contributed by atoms with E-state index in [0.717, 1.165) is 0 Å². The van der Waals surface area contributed by atoms with E-state index in [2.05, 4.69) is 5.32 Å². The van der Waals surface area contributed by atoms with Crippen LogP contribution in [0, 0.1) is 0 Å². The number of nitrogens with one attached hydrogen (secondary N) is 1. The topological polar surface area (TPSA) is 67.9 Å². The first kappa shape index (κ1) is 17.4. The van der Waals surface area contributed by atoms with E-state index >= 15 is 0 Å². The number of hydrogen-bond acceptors (Lipinski definition) is 4. The van der Waals surface area contributed by atoms with Gasteiger partial charge >= 0.3 is 12.2 Å². The smallest absolute Gasteiger partial charge is 0.414 e. The van der Waals surface area contributed by atoms with Gasteiger partial charge in [-0.15, -0.1) is 0 Å². The lowest BCUT2D eigenvalue weighted by atomic mass is 10.3. The Kier molecular flexibility index (Phi) is 5.31. The summed E-state index contributed by atoms with van der Waals surface area (Å²) < 4.78 is 10.3. The molecule has 3 rings (SSSR count). The lowest BCUT2D eigenvalue weighted by Gasteiger charge is -2.13. The van der Waals surface area contributed by atoms with Crippen LogP contribution in [-0.4, -0.2) is 31.4 Å². The van der Waals surface area contributed by atoms with Crippen LogP contribution in [0.4, 0.5) is 21.0 Å². The number of hydrogen-bond donors (Lipinski definition) is 1. The molecule has 0 aromatic heterocycles. The summed E-state index contributed by atoms with van der Waals surface area (Å²) in [5.41, 5.74) is 1.23. The molecule has 2 aromatic rings. The third kappa shape index (κ3) is 4.55. The van der Waals surface area contributed by atoms with Crippen LogP contribution in [0.25, 0.3) is 0 Å². The largest absolute Gasteiger partial charge is 0.445 e. The van der Waals surface area contributed by atoms with E-state index in [1.54, 1.807) is 48.5 Å². The molecule has 130 valence electrons. The predicted octanol–water partition coefficient (Wildman–Crippen LogP) is 4.57. The van der Waals surface area contributed by atoms with Gasteiger partial charge in [-0.2, -0.15) is 0 Å². The molecule has 0 bridgehead atoms. The number of halogens is 2. The van der Waals surface area contributed by atoms with E-state index < -0.39 is 18.3 Å². The molecule has 8 heteroatoms. The minimum Gasteiger partial charge on any atom is -0.445 e. The molecule has 1 atom stereocenters. The van der Waals surface area contributed by atoms with Gasteiger partial charge in [0, 0.05) is 21.4 Å². The van der Waals surface area contributed by atoms with Gasteiger partial charge in [0.15, 0.2) is 6.10 Å². The maximum atomic E-state index is 11.9. The second-order valence-electron chi connectivity index (χ2n) is 5.32. The van der Waals surface area contributed by atoms with Gasteiger partial charge < -0.3 is 9.47 Å². The highest BCUT2D eigenvalue weighted by Crippen LogP contribution is 2.23. The summed E-state index contributed by atoms with van der Waals surface area (Å²) >= 11 is 11.6. The van der Waals surface area contributed by atoms with Gasteiger partial charge in [0.25, 0.3) is 0 Å². The fourth-order valence-electron chi connectivity index (χ4n) is 2.30. The van der Waals surface area contributed by atoms with E-state index in [0.29, 0.717) is 21.4 Å². The van der Waals surface area contributed by atoms with E-state index in [-0.39, 0.29) is 13.2 Å². The van der Waals surface area contributed by atoms with Crippen LogP contribution in [-0.2, 0) is 9.47 Å². The molecule has 0 radical (unpaired) electrons. The summed E-state index contributed by atoms with van der Waals surface area (Å²) in [6.07, 6.45) is -1.67. The third-order valence-corrected chi connectivity index (χ3v) is 4.01. The van der Waals surface area contributed by atoms with Gasteiger partial charge in [0.2, 0.25) is 0 Å². The highest BCUT2D eigenvalue weighted by Gasteiger charge is 2.33. The van der Waals surface area contributed by atoms with Gasteiger partial charge in [-0.25, -0.2) is 9.59 Å². The van der Waals surface area contributed by atoms with Crippen molar-refractivity contribution in [2.24, 2.45) is 0 Å². The van der Waals surface area contributed by atoms with Gasteiger partial charge in [-0.1, -0.05) is 23.2 Å². The van der Waals surface area contributed by atoms with Gasteiger partial charge in [0.05, 0.1) is 6.54 Å². The van der Waals surface area contributed by atoms with Crippen LogP contribution >= 0.6 is 23.2 Å².